The first kappa shape index (κ1) is 25.4. The summed E-state index contributed by atoms with van der Waals surface area (Å²) < 4.78 is 15.0. The molecule has 0 aromatic heterocycles. The Labute approximate surface area is 165 Å². The van der Waals surface area contributed by atoms with Gasteiger partial charge in [-0.2, -0.15) is 0 Å². The van der Waals surface area contributed by atoms with Crippen LogP contribution in [0.15, 0.2) is 12.7 Å². The maximum absolute atomic E-state index is 11.6. The van der Waals surface area contributed by atoms with Gasteiger partial charge in [-0.25, -0.2) is 4.79 Å². The molecule has 8 N–H and O–H groups in total. The molecule has 0 aliphatic carbocycles. The molecule has 0 saturated carbocycles. The maximum Gasteiger partial charge on any atom is 0.408 e. The molecule has 1 heterocycles. The lowest BCUT2D eigenvalue weighted by molar-refractivity contribution is -0.324. The summed E-state index contributed by atoms with van der Waals surface area (Å²) in [5.74, 6) is 0. The number of hydrogen-bond donors (Lipinski definition) is 8. The summed E-state index contributed by atoms with van der Waals surface area (Å²) in [6, 6.07) is -1.66. The Morgan fingerprint density at radius 3 is 2.34 bits per heavy atom. The number of ether oxygens (including phenoxy) is 3. The highest BCUT2D eigenvalue weighted by Crippen LogP contribution is 2.24. The molecule has 0 aromatic rings. The van der Waals surface area contributed by atoms with Crippen LogP contribution in [-0.2, 0) is 19.0 Å². The first-order chi connectivity index (χ1) is 13.7. The lowest BCUT2D eigenvalue weighted by Crippen LogP contribution is -2.62. The number of nitrogens with one attached hydrogen (secondary N) is 1. The summed E-state index contributed by atoms with van der Waals surface area (Å²) in [4.78, 5) is 22.9. The van der Waals surface area contributed by atoms with E-state index in [9.17, 15) is 45.3 Å². The third kappa shape index (κ3) is 6.67. The molecule has 0 spiro atoms. The molecule has 1 aliphatic heterocycles. The van der Waals surface area contributed by atoms with Crippen LogP contribution in [0.25, 0.3) is 0 Å². The first-order valence-corrected chi connectivity index (χ1v) is 8.64. The Morgan fingerprint density at radius 2 is 1.83 bits per heavy atom. The van der Waals surface area contributed by atoms with Crippen LogP contribution in [0, 0.1) is 0 Å². The molecule has 1 saturated heterocycles. The van der Waals surface area contributed by atoms with Crippen LogP contribution in [0.2, 0.25) is 0 Å². The number of aliphatic hydroxyl groups is 7. The second-order valence-electron chi connectivity index (χ2n) is 6.23. The van der Waals surface area contributed by atoms with E-state index in [1.54, 1.807) is 0 Å². The monoisotopic (exact) mass is 425 g/mol. The van der Waals surface area contributed by atoms with Gasteiger partial charge in [0.25, 0.3) is 0 Å². The van der Waals surface area contributed by atoms with E-state index in [2.05, 4.69) is 11.3 Å². The van der Waals surface area contributed by atoms with Crippen molar-refractivity contribution < 1.29 is 59.5 Å². The van der Waals surface area contributed by atoms with E-state index in [0.717, 1.165) is 0 Å². The zero-order valence-corrected chi connectivity index (χ0v) is 15.4. The highest BCUT2D eigenvalue weighted by Gasteiger charge is 2.47. The second kappa shape index (κ2) is 12.1. The average molecular weight is 425 g/mol. The van der Waals surface area contributed by atoms with E-state index in [0.29, 0.717) is 0 Å². The number of aldehydes is 1. The lowest BCUT2D eigenvalue weighted by atomic mass is 9.98. The predicted octanol–water partition coefficient (Wildman–Crippen LogP) is -4.63. The van der Waals surface area contributed by atoms with Crippen LogP contribution >= 0.6 is 0 Å². The summed E-state index contributed by atoms with van der Waals surface area (Å²) in [5.41, 5.74) is 0. The fourth-order valence-electron chi connectivity index (χ4n) is 2.55. The highest BCUT2D eigenvalue weighted by molar-refractivity contribution is 5.73. The maximum atomic E-state index is 11.6. The normalized spacial score (nSPS) is 31.2. The van der Waals surface area contributed by atoms with Crippen molar-refractivity contribution >= 4 is 12.4 Å². The van der Waals surface area contributed by atoms with Crippen molar-refractivity contribution in [3.05, 3.63) is 12.7 Å². The van der Waals surface area contributed by atoms with Crippen molar-refractivity contribution in [2.45, 2.75) is 55.1 Å². The van der Waals surface area contributed by atoms with Gasteiger partial charge in [0.2, 0.25) is 0 Å². The molecule has 0 unspecified atom stereocenters. The largest absolute Gasteiger partial charge is 0.445 e. The zero-order chi connectivity index (χ0) is 22.1. The molecule has 1 fully saturated rings. The van der Waals surface area contributed by atoms with E-state index >= 15 is 0 Å². The Kier molecular flexibility index (Phi) is 10.6. The smallest absolute Gasteiger partial charge is 0.408 e. The topological polar surface area (TPSA) is 215 Å². The van der Waals surface area contributed by atoms with E-state index in [4.69, 9.17) is 9.47 Å². The SMILES string of the molecule is C=CCOC(=O)N[C@@H](C=O)[C@@H](O)[C@H](O[C@@H]1O[C@H](CO)[C@H](O)[C@H](O)[C@H]1O)[C@H](O)CO. The van der Waals surface area contributed by atoms with Crippen molar-refractivity contribution in [1.29, 1.82) is 0 Å². The number of carbonyl (C=O) groups is 2. The standard InChI is InChI=1S/C16H27NO12/c1-2-3-27-16(26)17-7(4-18)10(22)14(8(21)5-19)29-15-13(25)12(24)11(23)9(6-20)28-15/h2,4,7-15,19-25H,1,3,5-6H2,(H,17,26)/t7-,8+,9+,10+,11-,12-,13+,14+,15-/m0/s1. The fraction of sp³-hybridized carbons (Fsp3) is 0.750. The van der Waals surface area contributed by atoms with Crippen molar-refractivity contribution in [3.8, 4) is 0 Å². The average Bonchev–Trinajstić information content (AvgIpc) is 2.72. The first-order valence-electron chi connectivity index (χ1n) is 8.64. The number of aliphatic hydroxyl groups excluding tert-OH is 7. The predicted molar refractivity (Wildman–Crippen MR) is 92.3 cm³/mol. The Hall–Kier alpha value is -1.68. The summed E-state index contributed by atoms with van der Waals surface area (Å²) in [6.45, 7) is 1.44. The summed E-state index contributed by atoms with van der Waals surface area (Å²) in [6.07, 6.45) is -13.8. The van der Waals surface area contributed by atoms with Crippen LogP contribution in [0.1, 0.15) is 0 Å². The minimum atomic E-state index is -1.96. The van der Waals surface area contributed by atoms with Crippen molar-refractivity contribution in [2.75, 3.05) is 19.8 Å². The van der Waals surface area contributed by atoms with Gasteiger partial charge in [-0.15, -0.1) is 0 Å². The van der Waals surface area contributed by atoms with Crippen LogP contribution in [-0.4, -0.2) is 123 Å². The Bertz CT molecular complexity index is 532. The number of carbonyl (C=O) groups excluding carboxylic acids is 2. The van der Waals surface area contributed by atoms with E-state index in [1.165, 1.54) is 6.08 Å². The molecule has 168 valence electrons. The third-order valence-electron chi connectivity index (χ3n) is 4.17. The summed E-state index contributed by atoms with van der Waals surface area (Å²) in [7, 11) is 0. The van der Waals surface area contributed by atoms with Gasteiger partial charge < -0.3 is 60.1 Å². The van der Waals surface area contributed by atoms with Gasteiger partial charge in [0, 0.05) is 0 Å². The molecule has 29 heavy (non-hydrogen) atoms. The summed E-state index contributed by atoms with van der Waals surface area (Å²) >= 11 is 0. The molecule has 0 aromatic carbocycles. The van der Waals surface area contributed by atoms with Crippen LogP contribution < -0.4 is 5.32 Å². The molecule has 0 bridgehead atoms. The lowest BCUT2D eigenvalue weighted by Gasteiger charge is -2.42. The van der Waals surface area contributed by atoms with E-state index < -0.39 is 74.4 Å². The van der Waals surface area contributed by atoms with Crippen molar-refractivity contribution in [2.24, 2.45) is 0 Å². The van der Waals surface area contributed by atoms with Gasteiger partial charge in [0.1, 0.15) is 61.7 Å². The van der Waals surface area contributed by atoms with Gasteiger partial charge in [0.05, 0.1) is 13.2 Å². The second-order valence-corrected chi connectivity index (χ2v) is 6.23. The molecule has 1 amide bonds. The number of hydrogen-bond acceptors (Lipinski definition) is 12. The highest BCUT2D eigenvalue weighted by atomic mass is 16.7. The Balaban J connectivity index is 2.95. The molecule has 9 atom stereocenters. The van der Waals surface area contributed by atoms with Gasteiger partial charge in [0.15, 0.2) is 6.29 Å². The molecular formula is C16H27NO12. The minimum Gasteiger partial charge on any atom is -0.445 e. The van der Waals surface area contributed by atoms with Crippen LogP contribution in [0.4, 0.5) is 4.79 Å². The quantitative estimate of drug-likeness (QED) is 0.116. The third-order valence-corrected chi connectivity index (χ3v) is 4.17. The molecule has 0 radical (unpaired) electrons. The van der Waals surface area contributed by atoms with Crippen molar-refractivity contribution in [3.63, 3.8) is 0 Å². The molecule has 13 heteroatoms. The summed E-state index contributed by atoms with van der Waals surface area (Å²) in [5, 5.41) is 70.3. The van der Waals surface area contributed by atoms with E-state index in [1.807, 2.05) is 5.32 Å². The zero-order valence-electron chi connectivity index (χ0n) is 15.4. The number of alkyl carbamates (subject to hydrolysis) is 1. The number of amides is 1. The van der Waals surface area contributed by atoms with Gasteiger partial charge in [-0.1, -0.05) is 12.7 Å². The fourth-order valence-corrected chi connectivity index (χ4v) is 2.55. The number of rotatable bonds is 11. The van der Waals surface area contributed by atoms with Gasteiger partial charge in [-0.05, 0) is 0 Å². The molecule has 1 aliphatic rings. The van der Waals surface area contributed by atoms with E-state index in [-0.39, 0.29) is 12.9 Å². The van der Waals surface area contributed by atoms with Crippen molar-refractivity contribution in [1.82, 2.24) is 5.32 Å². The molecule has 1 rings (SSSR count). The van der Waals surface area contributed by atoms with Crippen LogP contribution in [0.3, 0.4) is 0 Å². The Morgan fingerprint density at radius 1 is 1.17 bits per heavy atom. The van der Waals surface area contributed by atoms with Gasteiger partial charge >= 0.3 is 6.09 Å². The molecular weight excluding hydrogens is 398 g/mol. The molecule has 13 nitrogen and oxygen atoms in total. The van der Waals surface area contributed by atoms with Gasteiger partial charge in [-0.3, -0.25) is 0 Å². The van der Waals surface area contributed by atoms with Crippen LogP contribution in [0.5, 0.6) is 0 Å². The minimum absolute atomic E-state index is 0.119.